The summed E-state index contributed by atoms with van der Waals surface area (Å²) in [6, 6.07) is 13.3. The fourth-order valence-electron chi connectivity index (χ4n) is 2.80. The van der Waals surface area contributed by atoms with E-state index in [1.807, 2.05) is 13.0 Å². The molecule has 0 saturated carbocycles. The van der Waals surface area contributed by atoms with Crippen LogP contribution in [0.3, 0.4) is 0 Å². The van der Waals surface area contributed by atoms with Crippen LogP contribution in [0.2, 0.25) is 0 Å². The van der Waals surface area contributed by atoms with E-state index in [1.165, 1.54) is 50.7 Å². The molecule has 0 radical (unpaired) electrons. The number of likely N-dealkylation sites (N-methyl/N-ethyl adjacent to an activating group) is 1. The first-order valence-electron chi connectivity index (χ1n) is 8.65. The molecule has 29 heavy (non-hydrogen) atoms. The van der Waals surface area contributed by atoms with E-state index in [0.29, 0.717) is 22.0 Å². The summed E-state index contributed by atoms with van der Waals surface area (Å²) in [6.07, 6.45) is 4.25. The molecule has 0 N–H and O–H groups in total. The van der Waals surface area contributed by atoms with Crippen LogP contribution < -0.4 is 0 Å². The predicted octanol–water partition coefficient (Wildman–Crippen LogP) is 3.09. The molecule has 0 spiro atoms. The Morgan fingerprint density at radius 1 is 1.21 bits per heavy atom. The van der Waals surface area contributed by atoms with Gasteiger partial charge in [0.2, 0.25) is 0 Å². The number of nitrogens with zero attached hydrogens (tertiary/aromatic N) is 3. The van der Waals surface area contributed by atoms with Crippen molar-refractivity contribution >= 4 is 32.9 Å². The van der Waals surface area contributed by atoms with Crippen molar-refractivity contribution in [3.8, 4) is 6.07 Å². The Bertz CT molecular complexity index is 1250. The average Bonchev–Trinajstić information content (AvgIpc) is 3.10. The van der Waals surface area contributed by atoms with Crippen LogP contribution >= 0.6 is 0 Å². The largest absolute Gasteiger partial charge is 0.274 e. The second-order valence-corrected chi connectivity index (χ2v) is 8.21. The highest BCUT2D eigenvalue weighted by molar-refractivity contribution is 7.90. The van der Waals surface area contributed by atoms with Crippen LogP contribution in [0.25, 0.3) is 17.0 Å². The van der Waals surface area contributed by atoms with Crippen molar-refractivity contribution in [2.45, 2.75) is 11.8 Å². The molecule has 8 heteroatoms. The van der Waals surface area contributed by atoms with Gasteiger partial charge < -0.3 is 0 Å². The molecule has 1 amide bonds. The lowest BCUT2D eigenvalue weighted by atomic mass is 10.1. The zero-order chi connectivity index (χ0) is 21.2. The number of fused-ring (bicyclic) bond motifs is 1. The second kappa shape index (κ2) is 7.91. The molecule has 0 aliphatic rings. The van der Waals surface area contributed by atoms with E-state index in [4.69, 9.17) is 4.84 Å². The molecule has 2 aromatic carbocycles. The molecule has 7 nitrogen and oxygen atoms in total. The van der Waals surface area contributed by atoms with Gasteiger partial charge in [0.25, 0.3) is 15.9 Å². The molecule has 0 bridgehead atoms. The summed E-state index contributed by atoms with van der Waals surface area (Å²) in [5, 5.41) is 10.9. The van der Waals surface area contributed by atoms with Gasteiger partial charge in [0.15, 0.2) is 0 Å². The summed E-state index contributed by atoms with van der Waals surface area (Å²) < 4.78 is 27.6. The fourth-order valence-corrected chi connectivity index (χ4v) is 4.17. The lowest BCUT2D eigenvalue weighted by molar-refractivity contribution is -0.162. The van der Waals surface area contributed by atoms with E-state index >= 15 is 0 Å². The first kappa shape index (κ1) is 20.3. The Hall–Kier alpha value is -3.41. The van der Waals surface area contributed by atoms with Crippen LogP contribution in [-0.4, -0.2) is 37.5 Å². The van der Waals surface area contributed by atoms with Crippen LogP contribution in [0.4, 0.5) is 0 Å². The monoisotopic (exact) mass is 409 g/mol. The molecule has 0 aliphatic carbocycles. The Labute approximate surface area is 169 Å². The van der Waals surface area contributed by atoms with Crippen LogP contribution in [0.1, 0.15) is 16.7 Å². The summed E-state index contributed by atoms with van der Waals surface area (Å²) in [5.41, 5.74) is 2.16. The fraction of sp³-hybridized carbons (Fsp3) is 0.143. The number of aryl methyl sites for hydroxylation is 1. The molecule has 0 unspecified atom stereocenters. The number of benzene rings is 2. The number of carbonyl (C=O) groups is 1. The number of hydrogen-bond donors (Lipinski definition) is 0. The summed E-state index contributed by atoms with van der Waals surface area (Å²) in [7, 11) is -1.05. The molecule has 0 aliphatic heterocycles. The van der Waals surface area contributed by atoms with Crippen molar-refractivity contribution in [1.29, 1.82) is 5.26 Å². The second-order valence-electron chi connectivity index (χ2n) is 6.39. The summed E-state index contributed by atoms with van der Waals surface area (Å²) in [4.78, 5) is 17.0. The molecule has 0 fully saturated rings. The number of hydroxylamine groups is 2. The number of amides is 1. The molecule has 3 rings (SSSR count). The van der Waals surface area contributed by atoms with E-state index in [9.17, 15) is 18.5 Å². The van der Waals surface area contributed by atoms with E-state index in [1.54, 1.807) is 24.3 Å². The summed E-state index contributed by atoms with van der Waals surface area (Å²) >= 11 is 0. The van der Waals surface area contributed by atoms with Crippen LogP contribution in [0.5, 0.6) is 0 Å². The van der Waals surface area contributed by atoms with Crippen LogP contribution in [0.15, 0.2) is 59.6 Å². The highest BCUT2D eigenvalue weighted by atomic mass is 32.2. The maximum absolute atomic E-state index is 13.2. The molecule has 0 atom stereocenters. The van der Waals surface area contributed by atoms with Gasteiger partial charge in [-0.05, 0) is 37.3 Å². The van der Waals surface area contributed by atoms with Crippen molar-refractivity contribution in [2.24, 2.45) is 0 Å². The predicted molar refractivity (Wildman–Crippen MR) is 109 cm³/mol. The molecule has 3 aromatic rings. The number of aromatic nitrogens is 1. The molecule has 1 heterocycles. The number of hydrogen-bond acceptors (Lipinski definition) is 5. The first-order valence-corrected chi connectivity index (χ1v) is 10.1. The third-order valence-electron chi connectivity index (χ3n) is 4.50. The van der Waals surface area contributed by atoms with Crippen molar-refractivity contribution in [3.05, 3.63) is 71.4 Å². The van der Waals surface area contributed by atoms with E-state index in [2.05, 4.69) is 0 Å². The van der Waals surface area contributed by atoms with E-state index in [0.717, 1.165) is 14.6 Å². The Kier molecular flexibility index (Phi) is 5.55. The Morgan fingerprint density at radius 3 is 2.52 bits per heavy atom. The van der Waals surface area contributed by atoms with Gasteiger partial charge in [0.05, 0.1) is 29.2 Å². The minimum Gasteiger partial charge on any atom is -0.274 e. The summed E-state index contributed by atoms with van der Waals surface area (Å²) in [5.74, 6) is -0.400. The highest BCUT2D eigenvalue weighted by Crippen LogP contribution is 2.28. The van der Waals surface area contributed by atoms with Gasteiger partial charge in [-0.1, -0.05) is 23.8 Å². The van der Waals surface area contributed by atoms with Gasteiger partial charge in [-0.15, -0.1) is 0 Å². The van der Waals surface area contributed by atoms with Gasteiger partial charge in [-0.3, -0.25) is 9.63 Å². The van der Waals surface area contributed by atoms with Gasteiger partial charge in [-0.25, -0.2) is 17.5 Å². The van der Waals surface area contributed by atoms with Gasteiger partial charge in [-0.2, -0.15) is 5.26 Å². The van der Waals surface area contributed by atoms with Crippen molar-refractivity contribution in [3.63, 3.8) is 0 Å². The Morgan fingerprint density at radius 2 is 1.90 bits per heavy atom. The third kappa shape index (κ3) is 3.92. The third-order valence-corrected chi connectivity index (χ3v) is 6.19. The van der Waals surface area contributed by atoms with Crippen LogP contribution in [-0.2, 0) is 19.7 Å². The average molecular weight is 409 g/mol. The quantitative estimate of drug-likeness (QED) is 0.477. The van der Waals surface area contributed by atoms with E-state index < -0.39 is 15.9 Å². The number of nitriles is 1. The summed E-state index contributed by atoms with van der Waals surface area (Å²) in [6.45, 7) is 1.87. The highest BCUT2D eigenvalue weighted by Gasteiger charge is 2.21. The first-order chi connectivity index (χ1) is 13.8. The number of carbonyl (C=O) groups excluding carboxylic acids is 1. The van der Waals surface area contributed by atoms with Crippen molar-refractivity contribution in [2.75, 3.05) is 14.2 Å². The Balaban J connectivity index is 2.19. The maximum Gasteiger partial charge on any atom is 0.269 e. The van der Waals surface area contributed by atoms with Gasteiger partial charge in [0.1, 0.15) is 0 Å². The molecular weight excluding hydrogens is 390 g/mol. The molecule has 0 saturated heterocycles. The van der Waals surface area contributed by atoms with Crippen molar-refractivity contribution < 1.29 is 18.0 Å². The zero-order valence-corrected chi connectivity index (χ0v) is 17.0. The maximum atomic E-state index is 13.2. The minimum absolute atomic E-state index is 0.132. The normalized spacial score (nSPS) is 11.7. The SMILES string of the molecule is CON(C)C(=O)/C=C/c1cn(S(=O)(=O)c2ccc(C)cc2)c2cc(C#N)ccc12. The zero-order valence-electron chi connectivity index (χ0n) is 16.2. The molecule has 148 valence electrons. The van der Waals surface area contributed by atoms with Gasteiger partial charge >= 0.3 is 0 Å². The topological polar surface area (TPSA) is 92.4 Å². The molecular formula is C21H19N3O4S. The number of rotatable bonds is 5. The van der Waals surface area contributed by atoms with Gasteiger partial charge in [0, 0.05) is 30.3 Å². The smallest absolute Gasteiger partial charge is 0.269 e. The lowest BCUT2D eigenvalue weighted by Gasteiger charge is -2.09. The molecule has 1 aromatic heterocycles. The van der Waals surface area contributed by atoms with Crippen molar-refractivity contribution in [1.82, 2.24) is 9.04 Å². The standard InChI is InChI=1S/C21H19N3O4S/c1-15-4-8-18(9-5-15)29(26,27)24-14-17(7-11-21(25)23(2)28-3)19-10-6-16(13-22)12-20(19)24/h4-12,14H,1-3H3/b11-7+. The van der Waals surface area contributed by atoms with E-state index in [-0.39, 0.29) is 4.90 Å². The lowest BCUT2D eigenvalue weighted by Crippen LogP contribution is -2.22. The minimum atomic E-state index is -3.89. The van der Waals surface area contributed by atoms with Crippen LogP contribution in [0, 0.1) is 18.3 Å².